The summed E-state index contributed by atoms with van der Waals surface area (Å²) in [5.41, 5.74) is 0.694. The topological polar surface area (TPSA) is 88.0 Å². The summed E-state index contributed by atoms with van der Waals surface area (Å²) in [7, 11) is -1.96. The summed E-state index contributed by atoms with van der Waals surface area (Å²) < 4.78 is 38.0. The van der Waals surface area contributed by atoms with Crippen molar-refractivity contribution in [2.45, 2.75) is 17.9 Å². The molecule has 26 heavy (non-hydrogen) atoms. The molecule has 2 aliphatic heterocycles. The van der Waals surface area contributed by atoms with Crippen LogP contribution in [0.4, 0.5) is 5.13 Å². The molecule has 1 aromatic carbocycles. The number of amidine groups is 1. The molecular formula is C16H19N5O3S2. The Bertz CT molecular complexity index is 941. The molecule has 0 amide bonds. The van der Waals surface area contributed by atoms with Crippen molar-refractivity contribution in [3.63, 3.8) is 0 Å². The molecule has 4 rings (SSSR count). The SMILES string of the molecule is COCc1nsc(N2CCCN(C3=NS(=O)(=O)c4ccccc43)CC2)n1. The molecule has 8 nitrogen and oxygen atoms in total. The molecule has 2 aliphatic rings. The lowest BCUT2D eigenvalue weighted by Crippen LogP contribution is -2.35. The van der Waals surface area contributed by atoms with E-state index >= 15 is 0 Å². The number of hydrogen-bond acceptors (Lipinski definition) is 8. The van der Waals surface area contributed by atoms with E-state index in [1.54, 1.807) is 19.2 Å². The lowest BCUT2D eigenvalue weighted by Gasteiger charge is -2.23. The third-order valence-electron chi connectivity index (χ3n) is 4.41. The van der Waals surface area contributed by atoms with Crippen molar-refractivity contribution >= 4 is 32.5 Å². The number of fused-ring (bicyclic) bond motifs is 1. The molecule has 0 saturated carbocycles. The monoisotopic (exact) mass is 393 g/mol. The number of rotatable bonds is 3. The van der Waals surface area contributed by atoms with Gasteiger partial charge in [-0.15, -0.1) is 4.40 Å². The van der Waals surface area contributed by atoms with E-state index in [4.69, 9.17) is 4.74 Å². The number of anilines is 1. The normalized spacial score (nSPS) is 19.2. The summed E-state index contributed by atoms with van der Waals surface area (Å²) in [5, 5.41) is 0.875. The highest BCUT2D eigenvalue weighted by molar-refractivity contribution is 7.90. The van der Waals surface area contributed by atoms with Gasteiger partial charge in [0.15, 0.2) is 11.7 Å². The molecule has 0 radical (unpaired) electrons. The first-order chi connectivity index (χ1) is 12.6. The maximum absolute atomic E-state index is 12.3. The lowest BCUT2D eigenvalue weighted by atomic mass is 10.2. The molecule has 3 heterocycles. The fraction of sp³-hybridized carbons (Fsp3) is 0.438. The summed E-state index contributed by atoms with van der Waals surface area (Å²) in [4.78, 5) is 9.05. The van der Waals surface area contributed by atoms with E-state index in [-0.39, 0.29) is 0 Å². The number of ether oxygens (including phenoxy) is 1. The predicted octanol–water partition coefficient (Wildman–Crippen LogP) is 1.35. The van der Waals surface area contributed by atoms with Crippen LogP contribution in [0.5, 0.6) is 0 Å². The summed E-state index contributed by atoms with van der Waals surface area (Å²) in [6.45, 7) is 3.43. The molecule has 1 aromatic heterocycles. The Balaban J connectivity index is 1.52. The molecule has 0 unspecified atom stereocenters. The minimum Gasteiger partial charge on any atom is -0.377 e. The van der Waals surface area contributed by atoms with Crippen LogP contribution in [0.25, 0.3) is 0 Å². The molecule has 0 N–H and O–H groups in total. The summed E-state index contributed by atoms with van der Waals surface area (Å²) in [6, 6.07) is 7.01. The van der Waals surface area contributed by atoms with Crippen LogP contribution in [-0.4, -0.2) is 61.8 Å². The van der Waals surface area contributed by atoms with E-state index in [1.807, 2.05) is 12.1 Å². The Hall–Kier alpha value is -2.04. The van der Waals surface area contributed by atoms with Gasteiger partial charge in [-0.25, -0.2) is 4.98 Å². The Morgan fingerprint density at radius 1 is 1.15 bits per heavy atom. The van der Waals surface area contributed by atoms with Crippen molar-refractivity contribution in [1.29, 1.82) is 0 Å². The number of nitrogens with zero attached hydrogens (tertiary/aromatic N) is 5. The molecule has 1 fully saturated rings. The zero-order valence-electron chi connectivity index (χ0n) is 14.3. The van der Waals surface area contributed by atoms with Gasteiger partial charge in [0.05, 0.1) is 0 Å². The van der Waals surface area contributed by atoms with Crippen LogP contribution in [0.1, 0.15) is 17.8 Å². The van der Waals surface area contributed by atoms with Crippen LogP contribution < -0.4 is 4.90 Å². The predicted molar refractivity (Wildman–Crippen MR) is 99.2 cm³/mol. The van der Waals surface area contributed by atoms with Gasteiger partial charge in [-0.05, 0) is 18.6 Å². The number of sulfonamides is 1. The summed E-state index contributed by atoms with van der Waals surface area (Å²) in [5.74, 6) is 1.24. The minimum absolute atomic E-state index is 0.296. The number of methoxy groups -OCH3 is 1. The molecule has 138 valence electrons. The molecule has 0 atom stereocenters. The molecular weight excluding hydrogens is 374 g/mol. The highest BCUT2D eigenvalue weighted by atomic mass is 32.2. The van der Waals surface area contributed by atoms with E-state index < -0.39 is 10.0 Å². The van der Waals surface area contributed by atoms with Crippen LogP contribution in [-0.2, 0) is 21.4 Å². The second kappa shape index (κ2) is 6.93. The fourth-order valence-corrected chi connectivity index (χ4v) is 5.15. The molecule has 0 spiro atoms. The van der Waals surface area contributed by atoms with E-state index in [9.17, 15) is 8.42 Å². The molecule has 10 heteroatoms. The first kappa shape index (κ1) is 17.4. The fourth-order valence-electron chi connectivity index (χ4n) is 3.20. The van der Waals surface area contributed by atoms with Crippen molar-refractivity contribution in [1.82, 2.24) is 14.3 Å². The molecule has 0 bridgehead atoms. The van der Waals surface area contributed by atoms with Crippen LogP contribution in [0.2, 0.25) is 0 Å². The lowest BCUT2D eigenvalue weighted by molar-refractivity contribution is 0.179. The van der Waals surface area contributed by atoms with Gasteiger partial charge in [0.2, 0.25) is 5.13 Å². The van der Waals surface area contributed by atoms with Crippen LogP contribution in [0, 0.1) is 0 Å². The smallest absolute Gasteiger partial charge is 0.285 e. The Morgan fingerprint density at radius 3 is 2.77 bits per heavy atom. The summed E-state index contributed by atoms with van der Waals surface area (Å²) >= 11 is 1.37. The largest absolute Gasteiger partial charge is 0.377 e. The average Bonchev–Trinajstić information content (AvgIpc) is 3.09. The van der Waals surface area contributed by atoms with Crippen molar-refractivity contribution in [2.24, 2.45) is 4.40 Å². The van der Waals surface area contributed by atoms with Crippen LogP contribution in [0.3, 0.4) is 0 Å². The third-order valence-corrected chi connectivity index (χ3v) is 6.55. The maximum atomic E-state index is 12.3. The van der Waals surface area contributed by atoms with Gasteiger partial charge < -0.3 is 14.5 Å². The van der Waals surface area contributed by atoms with Gasteiger partial charge in [0.25, 0.3) is 10.0 Å². The van der Waals surface area contributed by atoms with Gasteiger partial charge in [-0.2, -0.15) is 12.8 Å². The van der Waals surface area contributed by atoms with E-state index in [2.05, 4.69) is 23.6 Å². The average molecular weight is 393 g/mol. The Kier molecular flexibility index (Phi) is 4.63. The van der Waals surface area contributed by atoms with Gasteiger partial charge in [-0.1, -0.05) is 12.1 Å². The van der Waals surface area contributed by atoms with Gasteiger partial charge in [-0.3, -0.25) is 0 Å². The second-order valence-electron chi connectivity index (χ2n) is 6.14. The van der Waals surface area contributed by atoms with Crippen molar-refractivity contribution in [2.75, 3.05) is 38.2 Å². The van der Waals surface area contributed by atoms with Crippen LogP contribution >= 0.6 is 11.5 Å². The zero-order valence-corrected chi connectivity index (χ0v) is 16.0. The van der Waals surface area contributed by atoms with Gasteiger partial charge >= 0.3 is 0 Å². The van der Waals surface area contributed by atoms with Gasteiger partial charge in [0, 0.05) is 50.4 Å². The highest BCUT2D eigenvalue weighted by Crippen LogP contribution is 2.28. The molecule has 2 aromatic rings. The van der Waals surface area contributed by atoms with E-state index in [1.165, 1.54) is 11.5 Å². The van der Waals surface area contributed by atoms with Crippen molar-refractivity contribution in [3.8, 4) is 0 Å². The number of aromatic nitrogens is 2. The Labute approximate surface area is 156 Å². The van der Waals surface area contributed by atoms with E-state index in [0.29, 0.717) is 35.3 Å². The minimum atomic E-state index is -3.59. The quantitative estimate of drug-likeness (QED) is 0.778. The Morgan fingerprint density at radius 2 is 1.92 bits per heavy atom. The molecule has 1 saturated heterocycles. The standard InChI is InChI=1S/C16H19N5O3S2/c1-24-11-14-17-16(25-18-14)21-8-4-7-20(9-10-21)15-12-5-2-3-6-13(12)26(22,23)19-15/h2-3,5-6H,4,7-11H2,1H3. The first-order valence-corrected chi connectivity index (χ1v) is 10.6. The first-order valence-electron chi connectivity index (χ1n) is 8.34. The van der Waals surface area contributed by atoms with Crippen LogP contribution in [0.15, 0.2) is 33.6 Å². The summed E-state index contributed by atoms with van der Waals surface area (Å²) in [6.07, 6.45) is 0.889. The maximum Gasteiger partial charge on any atom is 0.285 e. The van der Waals surface area contributed by atoms with Crippen molar-refractivity contribution < 1.29 is 13.2 Å². The number of hydrogen-bond donors (Lipinski definition) is 0. The third kappa shape index (κ3) is 3.19. The van der Waals surface area contributed by atoms with Gasteiger partial charge in [0.1, 0.15) is 11.5 Å². The highest BCUT2D eigenvalue weighted by Gasteiger charge is 2.32. The van der Waals surface area contributed by atoms with E-state index in [0.717, 1.165) is 31.2 Å². The number of benzene rings is 1. The van der Waals surface area contributed by atoms with Crippen molar-refractivity contribution in [3.05, 3.63) is 35.7 Å². The zero-order chi connectivity index (χ0) is 18.1. The molecule has 0 aliphatic carbocycles. The second-order valence-corrected chi connectivity index (χ2v) is 8.44.